The first kappa shape index (κ1) is 12.0. The van der Waals surface area contributed by atoms with Crippen molar-refractivity contribution in [2.24, 2.45) is 5.92 Å². The Kier molecular flexibility index (Phi) is 3.26. The van der Waals surface area contributed by atoms with Crippen LogP contribution in [0.2, 0.25) is 0 Å². The first-order chi connectivity index (χ1) is 8.74. The standard InChI is InChI=1S/C13H21N3O2/c1-10-8-16(13-14-7-11(2)18-13)9-12(10)15-3-5-17-6-4-15/h7,10,12H,3-6,8-9H2,1-2H3. The Hall–Kier alpha value is -1.07. The van der Waals surface area contributed by atoms with Crippen LogP contribution in [0.25, 0.3) is 0 Å². The lowest BCUT2D eigenvalue weighted by molar-refractivity contribution is 0.0134. The molecule has 0 aromatic carbocycles. The SMILES string of the molecule is Cc1cnc(N2CC(C)C(N3CCOCC3)C2)o1. The van der Waals surface area contributed by atoms with Gasteiger partial charge in [-0.05, 0) is 12.8 Å². The maximum Gasteiger partial charge on any atom is 0.297 e. The average Bonchev–Trinajstić information content (AvgIpc) is 2.97. The second-order valence-corrected chi connectivity index (χ2v) is 5.35. The maximum absolute atomic E-state index is 5.62. The van der Waals surface area contributed by atoms with Gasteiger partial charge in [0.05, 0.1) is 19.4 Å². The van der Waals surface area contributed by atoms with Gasteiger partial charge in [0, 0.05) is 32.2 Å². The van der Waals surface area contributed by atoms with Gasteiger partial charge in [0.2, 0.25) is 0 Å². The molecule has 2 unspecified atom stereocenters. The zero-order valence-electron chi connectivity index (χ0n) is 11.1. The predicted octanol–water partition coefficient (Wildman–Crippen LogP) is 1.14. The molecule has 5 heteroatoms. The molecule has 2 aliphatic rings. The summed E-state index contributed by atoms with van der Waals surface area (Å²) in [7, 11) is 0. The fourth-order valence-electron chi connectivity index (χ4n) is 2.98. The van der Waals surface area contributed by atoms with Crippen LogP contribution in [0, 0.1) is 12.8 Å². The Morgan fingerprint density at radius 3 is 2.72 bits per heavy atom. The van der Waals surface area contributed by atoms with Crippen LogP contribution in [0.4, 0.5) is 6.01 Å². The summed E-state index contributed by atoms with van der Waals surface area (Å²) in [6, 6.07) is 1.37. The number of hydrogen-bond acceptors (Lipinski definition) is 5. The van der Waals surface area contributed by atoms with Crippen LogP contribution in [0.3, 0.4) is 0 Å². The van der Waals surface area contributed by atoms with Crippen molar-refractivity contribution in [2.75, 3.05) is 44.3 Å². The highest BCUT2D eigenvalue weighted by Gasteiger charge is 2.36. The molecule has 0 radical (unpaired) electrons. The Morgan fingerprint density at radius 2 is 2.06 bits per heavy atom. The molecule has 100 valence electrons. The van der Waals surface area contributed by atoms with Gasteiger partial charge in [-0.3, -0.25) is 4.90 Å². The first-order valence-electron chi connectivity index (χ1n) is 6.73. The van der Waals surface area contributed by atoms with Gasteiger partial charge in [-0.15, -0.1) is 0 Å². The minimum Gasteiger partial charge on any atom is -0.429 e. The van der Waals surface area contributed by atoms with Gasteiger partial charge < -0.3 is 14.1 Å². The van der Waals surface area contributed by atoms with E-state index in [4.69, 9.17) is 9.15 Å². The molecule has 1 aromatic heterocycles. The highest BCUT2D eigenvalue weighted by molar-refractivity contribution is 5.30. The molecule has 5 nitrogen and oxygen atoms in total. The van der Waals surface area contributed by atoms with Crippen molar-refractivity contribution >= 4 is 6.01 Å². The van der Waals surface area contributed by atoms with Crippen molar-refractivity contribution < 1.29 is 9.15 Å². The first-order valence-corrected chi connectivity index (χ1v) is 6.73. The minimum absolute atomic E-state index is 0.598. The number of aryl methyl sites for hydroxylation is 1. The summed E-state index contributed by atoms with van der Waals surface area (Å²) in [6.07, 6.45) is 1.79. The largest absolute Gasteiger partial charge is 0.429 e. The Labute approximate surface area is 108 Å². The molecule has 0 spiro atoms. The van der Waals surface area contributed by atoms with E-state index in [1.807, 2.05) is 6.92 Å². The van der Waals surface area contributed by atoms with Gasteiger partial charge in [0.15, 0.2) is 0 Å². The number of ether oxygens (including phenoxy) is 1. The monoisotopic (exact) mass is 251 g/mol. The Morgan fingerprint density at radius 1 is 1.28 bits per heavy atom. The summed E-state index contributed by atoms with van der Waals surface area (Å²) >= 11 is 0. The van der Waals surface area contributed by atoms with E-state index in [-0.39, 0.29) is 0 Å². The number of hydrogen-bond donors (Lipinski definition) is 0. The smallest absolute Gasteiger partial charge is 0.297 e. The Bertz CT molecular complexity index is 401. The normalized spacial score (nSPS) is 30.0. The molecular formula is C13H21N3O2. The molecule has 0 amide bonds. The average molecular weight is 251 g/mol. The van der Waals surface area contributed by atoms with Gasteiger partial charge in [-0.25, -0.2) is 4.98 Å². The highest BCUT2D eigenvalue weighted by Crippen LogP contribution is 2.27. The fourth-order valence-corrected chi connectivity index (χ4v) is 2.98. The van der Waals surface area contributed by atoms with Crippen molar-refractivity contribution in [1.29, 1.82) is 0 Å². The van der Waals surface area contributed by atoms with Crippen LogP contribution in [0.1, 0.15) is 12.7 Å². The van der Waals surface area contributed by atoms with E-state index in [1.165, 1.54) is 0 Å². The summed E-state index contributed by atoms with van der Waals surface area (Å²) in [6.45, 7) is 10.1. The molecular weight excluding hydrogens is 230 g/mol. The van der Waals surface area contributed by atoms with E-state index in [0.717, 1.165) is 51.2 Å². The maximum atomic E-state index is 5.62. The zero-order valence-corrected chi connectivity index (χ0v) is 11.1. The predicted molar refractivity (Wildman–Crippen MR) is 68.8 cm³/mol. The number of aromatic nitrogens is 1. The molecule has 0 aliphatic carbocycles. The third kappa shape index (κ3) is 2.24. The van der Waals surface area contributed by atoms with Crippen LogP contribution < -0.4 is 4.90 Å². The molecule has 2 fully saturated rings. The molecule has 0 N–H and O–H groups in total. The lowest BCUT2D eigenvalue weighted by Crippen LogP contribution is -2.46. The molecule has 0 saturated carbocycles. The number of anilines is 1. The van der Waals surface area contributed by atoms with E-state index in [2.05, 4.69) is 21.7 Å². The molecule has 3 rings (SSSR count). The van der Waals surface area contributed by atoms with Crippen molar-refractivity contribution in [2.45, 2.75) is 19.9 Å². The lowest BCUT2D eigenvalue weighted by atomic mass is 10.0. The van der Waals surface area contributed by atoms with Gasteiger partial charge in [-0.2, -0.15) is 0 Å². The molecule has 18 heavy (non-hydrogen) atoms. The van der Waals surface area contributed by atoms with Gasteiger partial charge in [-0.1, -0.05) is 6.92 Å². The third-order valence-electron chi connectivity index (χ3n) is 3.97. The van der Waals surface area contributed by atoms with Gasteiger partial charge in [0.25, 0.3) is 6.01 Å². The van der Waals surface area contributed by atoms with E-state index >= 15 is 0 Å². The lowest BCUT2D eigenvalue weighted by Gasteiger charge is -2.33. The van der Waals surface area contributed by atoms with E-state index < -0.39 is 0 Å². The van der Waals surface area contributed by atoms with Crippen LogP contribution in [0.5, 0.6) is 0 Å². The van der Waals surface area contributed by atoms with Crippen molar-refractivity contribution in [3.63, 3.8) is 0 Å². The number of oxazole rings is 1. The topological polar surface area (TPSA) is 41.7 Å². The summed E-state index contributed by atoms with van der Waals surface area (Å²) in [4.78, 5) is 9.14. The van der Waals surface area contributed by atoms with Crippen molar-refractivity contribution in [1.82, 2.24) is 9.88 Å². The third-order valence-corrected chi connectivity index (χ3v) is 3.97. The molecule has 2 atom stereocenters. The van der Waals surface area contributed by atoms with Crippen LogP contribution in [0.15, 0.2) is 10.6 Å². The van der Waals surface area contributed by atoms with Crippen LogP contribution in [-0.4, -0.2) is 55.3 Å². The number of nitrogens with zero attached hydrogens (tertiary/aromatic N) is 3. The summed E-state index contributed by atoms with van der Waals surface area (Å²) in [5.74, 6) is 1.53. The quantitative estimate of drug-likeness (QED) is 0.788. The molecule has 2 aliphatic heterocycles. The summed E-state index contributed by atoms with van der Waals surface area (Å²) < 4.78 is 11.0. The fraction of sp³-hybridized carbons (Fsp3) is 0.769. The molecule has 3 heterocycles. The zero-order chi connectivity index (χ0) is 12.5. The summed E-state index contributed by atoms with van der Waals surface area (Å²) in [5.41, 5.74) is 0. The van der Waals surface area contributed by atoms with Gasteiger partial charge in [0.1, 0.15) is 5.76 Å². The van der Waals surface area contributed by atoms with E-state index in [0.29, 0.717) is 12.0 Å². The second kappa shape index (κ2) is 4.90. The highest BCUT2D eigenvalue weighted by atomic mass is 16.5. The van der Waals surface area contributed by atoms with Crippen molar-refractivity contribution in [3.05, 3.63) is 12.0 Å². The Balaban J connectivity index is 1.67. The van der Waals surface area contributed by atoms with E-state index in [1.54, 1.807) is 6.20 Å². The van der Waals surface area contributed by atoms with Crippen LogP contribution >= 0.6 is 0 Å². The molecule has 2 saturated heterocycles. The second-order valence-electron chi connectivity index (χ2n) is 5.35. The van der Waals surface area contributed by atoms with Gasteiger partial charge >= 0.3 is 0 Å². The number of morpholine rings is 1. The molecule has 1 aromatic rings. The van der Waals surface area contributed by atoms with Crippen LogP contribution in [-0.2, 0) is 4.74 Å². The summed E-state index contributed by atoms with van der Waals surface area (Å²) in [5, 5.41) is 0. The molecule has 0 bridgehead atoms. The van der Waals surface area contributed by atoms with Crippen molar-refractivity contribution in [3.8, 4) is 0 Å². The minimum atomic E-state index is 0.598. The van der Waals surface area contributed by atoms with E-state index in [9.17, 15) is 0 Å². The number of rotatable bonds is 2.